The Balaban J connectivity index is 4.50. The number of nitrogens with zero attached hydrogens (tertiary/aromatic N) is 1. The SMILES string of the molecule is COC(=O)C(C)CN(C)C(=O)N[C@@H](CCC(N)=O)C(=O)O. The molecular weight excluding hydrogens is 282 g/mol. The molecule has 120 valence electrons. The lowest BCUT2D eigenvalue weighted by atomic mass is 10.1. The molecule has 0 aromatic carbocycles. The average Bonchev–Trinajstić information content (AvgIpc) is 2.41. The first-order valence-corrected chi connectivity index (χ1v) is 6.29. The smallest absolute Gasteiger partial charge is 0.326 e. The van der Waals surface area contributed by atoms with Gasteiger partial charge in [0.25, 0.3) is 0 Å². The van der Waals surface area contributed by atoms with Crippen molar-refractivity contribution in [3.8, 4) is 0 Å². The number of carboxylic acids is 1. The highest BCUT2D eigenvalue weighted by molar-refractivity contribution is 5.83. The number of carboxylic acid groups (broad SMARTS) is 1. The van der Waals surface area contributed by atoms with Crippen LogP contribution in [0, 0.1) is 5.92 Å². The molecule has 2 atom stereocenters. The van der Waals surface area contributed by atoms with Gasteiger partial charge in [-0.3, -0.25) is 9.59 Å². The maximum absolute atomic E-state index is 11.8. The number of hydrogen-bond acceptors (Lipinski definition) is 5. The number of methoxy groups -OCH3 is 1. The number of hydrogen-bond donors (Lipinski definition) is 3. The monoisotopic (exact) mass is 303 g/mol. The number of primary amides is 1. The summed E-state index contributed by atoms with van der Waals surface area (Å²) in [5.74, 6) is -2.93. The first-order chi connectivity index (χ1) is 9.68. The van der Waals surface area contributed by atoms with E-state index in [2.05, 4.69) is 10.1 Å². The largest absolute Gasteiger partial charge is 0.480 e. The summed E-state index contributed by atoms with van der Waals surface area (Å²) < 4.78 is 4.53. The minimum atomic E-state index is -1.26. The van der Waals surface area contributed by atoms with Crippen LogP contribution in [0.25, 0.3) is 0 Å². The van der Waals surface area contributed by atoms with Crippen LogP contribution in [-0.4, -0.2) is 60.6 Å². The van der Waals surface area contributed by atoms with Gasteiger partial charge in [0.2, 0.25) is 5.91 Å². The lowest BCUT2D eigenvalue weighted by Crippen LogP contribution is -2.48. The van der Waals surface area contributed by atoms with Crippen molar-refractivity contribution in [2.24, 2.45) is 11.7 Å². The van der Waals surface area contributed by atoms with E-state index in [0.29, 0.717) is 0 Å². The molecule has 0 bridgehead atoms. The Morgan fingerprint density at radius 3 is 2.33 bits per heavy atom. The predicted molar refractivity (Wildman–Crippen MR) is 72.2 cm³/mol. The van der Waals surface area contributed by atoms with Crippen LogP contribution >= 0.6 is 0 Å². The zero-order valence-corrected chi connectivity index (χ0v) is 12.3. The number of nitrogens with two attached hydrogens (primary N) is 1. The molecule has 0 spiro atoms. The van der Waals surface area contributed by atoms with Crippen molar-refractivity contribution < 1.29 is 29.0 Å². The van der Waals surface area contributed by atoms with Gasteiger partial charge in [0.05, 0.1) is 13.0 Å². The quantitative estimate of drug-likeness (QED) is 0.499. The zero-order valence-electron chi connectivity index (χ0n) is 12.3. The van der Waals surface area contributed by atoms with Crippen LogP contribution in [0.1, 0.15) is 19.8 Å². The highest BCUT2D eigenvalue weighted by Crippen LogP contribution is 2.03. The molecule has 1 unspecified atom stereocenters. The van der Waals surface area contributed by atoms with Gasteiger partial charge in [-0.05, 0) is 6.42 Å². The number of urea groups is 1. The molecule has 0 aliphatic heterocycles. The third-order valence-corrected chi connectivity index (χ3v) is 2.77. The summed E-state index contributed by atoms with van der Waals surface area (Å²) >= 11 is 0. The molecule has 0 aromatic heterocycles. The minimum absolute atomic E-state index is 0.0701. The molecule has 9 nitrogen and oxygen atoms in total. The van der Waals surface area contributed by atoms with Gasteiger partial charge in [-0.2, -0.15) is 0 Å². The third-order valence-electron chi connectivity index (χ3n) is 2.77. The fourth-order valence-electron chi connectivity index (χ4n) is 1.57. The molecule has 0 radical (unpaired) electrons. The van der Waals surface area contributed by atoms with Crippen molar-refractivity contribution >= 4 is 23.9 Å². The van der Waals surface area contributed by atoms with E-state index in [0.717, 1.165) is 0 Å². The summed E-state index contributed by atoms with van der Waals surface area (Å²) in [6, 6.07) is -1.89. The van der Waals surface area contributed by atoms with Crippen LogP contribution in [0.3, 0.4) is 0 Å². The standard InChI is InChI=1S/C12H21N3O6/c1-7(11(19)21-3)6-15(2)12(20)14-8(10(17)18)4-5-9(13)16/h7-8H,4-6H2,1-3H3,(H2,13,16)(H,14,20)(H,17,18)/t7?,8-/m0/s1. The van der Waals surface area contributed by atoms with Crippen molar-refractivity contribution in [3.05, 3.63) is 0 Å². The lowest BCUT2D eigenvalue weighted by molar-refractivity contribution is -0.145. The molecule has 0 saturated heterocycles. The Morgan fingerprint density at radius 1 is 1.33 bits per heavy atom. The Morgan fingerprint density at radius 2 is 1.90 bits per heavy atom. The summed E-state index contributed by atoms with van der Waals surface area (Å²) in [4.78, 5) is 45.9. The molecule has 0 aliphatic rings. The van der Waals surface area contributed by atoms with Crippen LogP contribution in [0.4, 0.5) is 4.79 Å². The Labute approximate surface area is 122 Å². The number of rotatable bonds is 8. The maximum Gasteiger partial charge on any atom is 0.326 e. The Hall–Kier alpha value is -2.32. The van der Waals surface area contributed by atoms with Crippen molar-refractivity contribution in [2.75, 3.05) is 20.7 Å². The van der Waals surface area contributed by atoms with Crippen molar-refractivity contribution in [1.29, 1.82) is 0 Å². The van der Waals surface area contributed by atoms with Crippen LogP contribution in [0.15, 0.2) is 0 Å². The molecule has 9 heteroatoms. The summed E-state index contributed by atoms with van der Waals surface area (Å²) in [6.45, 7) is 1.65. The number of esters is 1. The summed E-state index contributed by atoms with van der Waals surface area (Å²) in [5, 5.41) is 11.2. The maximum atomic E-state index is 11.8. The van der Waals surface area contributed by atoms with E-state index in [4.69, 9.17) is 10.8 Å². The summed E-state index contributed by atoms with van der Waals surface area (Å²) in [5.41, 5.74) is 4.94. The number of nitrogens with one attached hydrogen (secondary N) is 1. The predicted octanol–water partition coefficient (Wildman–Crippen LogP) is -0.844. The first-order valence-electron chi connectivity index (χ1n) is 6.29. The summed E-state index contributed by atoms with van der Waals surface area (Å²) in [7, 11) is 2.66. The van der Waals surface area contributed by atoms with E-state index >= 15 is 0 Å². The molecule has 4 N–H and O–H groups in total. The van der Waals surface area contributed by atoms with Gasteiger partial charge in [0.1, 0.15) is 6.04 Å². The van der Waals surface area contributed by atoms with E-state index < -0.39 is 35.8 Å². The molecule has 3 amide bonds. The fraction of sp³-hybridized carbons (Fsp3) is 0.667. The molecule has 0 fully saturated rings. The van der Waals surface area contributed by atoms with E-state index in [1.54, 1.807) is 6.92 Å². The van der Waals surface area contributed by atoms with E-state index in [9.17, 15) is 19.2 Å². The van der Waals surface area contributed by atoms with Crippen LogP contribution in [0.2, 0.25) is 0 Å². The zero-order chi connectivity index (χ0) is 16.6. The molecule has 0 aromatic rings. The van der Waals surface area contributed by atoms with Gasteiger partial charge in [-0.15, -0.1) is 0 Å². The van der Waals surface area contributed by atoms with Gasteiger partial charge in [-0.25, -0.2) is 9.59 Å². The van der Waals surface area contributed by atoms with Crippen LogP contribution in [0.5, 0.6) is 0 Å². The third kappa shape index (κ3) is 7.14. The van der Waals surface area contributed by atoms with Crippen LogP contribution < -0.4 is 11.1 Å². The molecule has 0 aliphatic carbocycles. The van der Waals surface area contributed by atoms with E-state index in [1.165, 1.54) is 19.1 Å². The molecule has 0 heterocycles. The number of ether oxygens (including phenoxy) is 1. The fourth-order valence-corrected chi connectivity index (χ4v) is 1.57. The van der Waals surface area contributed by atoms with Crippen LogP contribution in [-0.2, 0) is 19.1 Å². The lowest BCUT2D eigenvalue weighted by Gasteiger charge is -2.23. The average molecular weight is 303 g/mol. The first kappa shape index (κ1) is 18.7. The molecule has 0 rings (SSSR count). The van der Waals surface area contributed by atoms with E-state index in [-0.39, 0.29) is 19.4 Å². The number of amides is 3. The van der Waals surface area contributed by atoms with Gasteiger partial charge in [0.15, 0.2) is 0 Å². The Bertz CT molecular complexity index is 412. The topological polar surface area (TPSA) is 139 Å². The highest BCUT2D eigenvalue weighted by Gasteiger charge is 2.24. The van der Waals surface area contributed by atoms with E-state index in [1.807, 2.05) is 0 Å². The van der Waals surface area contributed by atoms with Crippen molar-refractivity contribution in [1.82, 2.24) is 10.2 Å². The van der Waals surface area contributed by atoms with Gasteiger partial charge in [-0.1, -0.05) is 6.92 Å². The molecular formula is C12H21N3O6. The second kappa shape index (κ2) is 8.77. The second-order valence-corrected chi connectivity index (χ2v) is 4.65. The van der Waals surface area contributed by atoms with Gasteiger partial charge < -0.3 is 25.8 Å². The normalized spacial score (nSPS) is 12.9. The summed E-state index contributed by atoms with van der Waals surface area (Å²) in [6.07, 6.45) is -0.254. The molecule has 21 heavy (non-hydrogen) atoms. The Kier molecular flexibility index (Phi) is 7.80. The number of aliphatic carboxylic acids is 1. The second-order valence-electron chi connectivity index (χ2n) is 4.65. The minimum Gasteiger partial charge on any atom is -0.480 e. The van der Waals surface area contributed by atoms with Gasteiger partial charge >= 0.3 is 18.0 Å². The van der Waals surface area contributed by atoms with Gasteiger partial charge in [0, 0.05) is 20.0 Å². The van der Waals surface area contributed by atoms with Crippen molar-refractivity contribution in [2.45, 2.75) is 25.8 Å². The number of carbonyl (C=O) groups excluding carboxylic acids is 3. The highest BCUT2D eigenvalue weighted by atomic mass is 16.5. The van der Waals surface area contributed by atoms with Crippen molar-refractivity contribution in [3.63, 3.8) is 0 Å². The molecule has 0 saturated carbocycles. The number of carbonyl (C=O) groups is 4.